The standard InChI is InChI=1S/C14H24N2OS/c1-4-14(5-2)6-8-16(9-7-14)13-15-12(10-18-13)11(3)17/h10-11,17H,4-9H2,1-3H3. The summed E-state index contributed by atoms with van der Waals surface area (Å²) in [6.07, 6.45) is 4.65. The van der Waals surface area contributed by atoms with Crippen molar-refractivity contribution in [2.45, 2.75) is 52.6 Å². The van der Waals surface area contributed by atoms with Gasteiger partial charge in [-0.1, -0.05) is 26.7 Å². The molecule has 1 atom stereocenters. The fraction of sp³-hybridized carbons (Fsp3) is 0.786. The van der Waals surface area contributed by atoms with Crippen molar-refractivity contribution in [2.75, 3.05) is 18.0 Å². The van der Waals surface area contributed by atoms with Gasteiger partial charge in [-0.2, -0.15) is 0 Å². The molecule has 0 aliphatic carbocycles. The van der Waals surface area contributed by atoms with E-state index >= 15 is 0 Å². The quantitative estimate of drug-likeness (QED) is 0.906. The normalized spacial score (nSPS) is 21.0. The summed E-state index contributed by atoms with van der Waals surface area (Å²) >= 11 is 1.65. The van der Waals surface area contributed by atoms with Gasteiger partial charge < -0.3 is 10.0 Å². The van der Waals surface area contributed by atoms with E-state index in [1.807, 2.05) is 5.38 Å². The molecule has 1 saturated heterocycles. The summed E-state index contributed by atoms with van der Waals surface area (Å²) < 4.78 is 0. The predicted molar refractivity (Wildman–Crippen MR) is 77.2 cm³/mol. The predicted octanol–water partition coefficient (Wildman–Crippen LogP) is 3.60. The molecule has 0 radical (unpaired) electrons. The Kier molecular flexibility index (Phi) is 4.28. The maximum atomic E-state index is 9.52. The average molecular weight is 268 g/mol. The van der Waals surface area contributed by atoms with E-state index in [1.54, 1.807) is 18.3 Å². The largest absolute Gasteiger partial charge is 0.387 e. The fourth-order valence-corrected chi connectivity index (χ4v) is 3.71. The van der Waals surface area contributed by atoms with Crippen LogP contribution in [0.4, 0.5) is 5.13 Å². The zero-order valence-electron chi connectivity index (χ0n) is 11.6. The molecule has 2 heterocycles. The third kappa shape index (κ3) is 2.69. The van der Waals surface area contributed by atoms with Crippen molar-refractivity contribution in [1.29, 1.82) is 0 Å². The molecule has 18 heavy (non-hydrogen) atoms. The number of rotatable bonds is 4. The monoisotopic (exact) mass is 268 g/mol. The molecule has 1 aliphatic heterocycles. The van der Waals surface area contributed by atoms with Crippen molar-refractivity contribution in [2.24, 2.45) is 5.41 Å². The van der Waals surface area contributed by atoms with Crippen molar-refractivity contribution in [3.05, 3.63) is 11.1 Å². The number of anilines is 1. The lowest BCUT2D eigenvalue weighted by Gasteiger charge is -2.40. The van der Waals surface area contributed by atoms with E-state index in [0.29, 0.717) is 5.41 Å². The van der Waals surface area contributed by atoms with E-state index < -0.39 is 6.10 Å². The van der Waals surface area contributed by atoms with Crippen LogP contribution < -0.4 is 4.90 Å². The highest BCUT2D eigenvalue weighted by Gasteiger charge is 2.32. The molecule has 1 aromatic heterocycles. The summed E-state index contributed by atoms with van der Waals surface area (Å²) in [5.74, 6) is 0. The first-order chi connectivity index (χ1) is 8.60. The molecule has 1 unspecified atom stereocenters. The molecule has 0 saturated carbocycles. The van der Waals surface area contributed by atoms with Gasteiger partial charge in [0.1, 0.15) is 0 Å². The Morgan fingerprint density at radius 1 is 1.39 bits per heavy atom. The molecule has 0 amide bonds. The summed E-state index contributed by atoms with van der Waals surface area (Å²) in [5, 5.41) is 12.6. The highest BCUT2D eigenvalue weighted by atomic mass is 32.1. The second-order valence-electron chi connectivity index (χ2n) is 5.43. The highest BCUT2D eigenvalue weighted by Crippen LogP contribution is 2.39. The van der Waals surface area contributed by atoms with Gasteiger partial charge in [-0.3, -0.25) is 0 Å². The van der Waals surface area contributed by atoms with Gasteiger partial charge >= 0.3 is 0 Å². The van der Waals surface area contributed by atoms with Gasteiger partial charge in [-0.25, -0.2) is 4.98 Å². The first-order valence-electron chi connectivity index (χ1n) is 6.98. The molecule has 3 nitrogen and oxygen atoms in total. The van der Waals surface area contributed by atoms with Crippen LogP contribution in [-0.2, 0) is 0 Å². The second kappa shape index (κ2) is 5.57. The van der Waals surface area contributed by atoms with Gasteiger partial charge in [0.25, 0.3) is 0 Å². The van der Waals surface area contributed by atoms with Crippen molar-refractivity contribution < 1.29 is 5.11 Å². The molecule has 1 fully saturated rings. The number of aromatic nitrogens is 1. The summed E-state index contributed by atoms with van der Waals surface area (Å²) in [6, 6.07) is 0. The van der Waals surface area contributed by atoms with Crippen LogP contribution in [-0.4, -0.2) is 23.2 Å². The van der Waals surface area contributed by atoms with Crippen molar-refractivity contribution >= 4 is 16.5 Å². The number of hydrogen-bond donors (Lipinski definition) is 1. The minimum atomic E-state index is -0.454. The van der Waals surface area contributed by atoms with Crippen molar-refractivity contribution in [3.63, 3.8) is 0 Å². The van der Waals surface area contributed by atoms with Gasteiger partial charge in [0, 0.05) is 18.5 Å². The fourth-order valence-electron chi connectivity index (χ4n) is 2.74. The maximum Gasteiger partial charge on any atom is 0.185 e. The van der Waals surface area contributed by atoms with Crippen LogP contribution in [0.2, 0.25) is 0 Å². The molecular weight excluding hydrogens is 244 g/mol. The van der Waals surface area contributed by atoms with Gasteiger partial charge in [0.05, 0.1) is 11.8 Å². The van der Waals surface area contributed by atoms with E-state index in [4.69, 9.17) is 0 Å². The number of aliphatic hydroxyl groups excluding tert-OH is 1. The van der Waals surface area contributed by atoms with Crippen LogP contribution in [0.25, 0.3) is 0 Å². The van der Waals surface area contributed by atoms with Gasteiger partial charge in [0.15, 0.2) is 5.13 Å². The smallest absolute Gasteiger partial charge is 0.185 e. The third-order valence-electron chi connectivity index (χ3n) is 4.53. The second-order valence-corrected chi connectivity index (χ2v) is 6.26. The molecule has 0 bridgehead atoms. The molecule has 2 rings (SSSR count). The van der Waals surface area contributed by atoms with Crippen molar-refractivity contribution in [1.82, 2.24) is 4.98 Å². The Bertz CT molecular complexity index is 375. The summed E-state index contributed by atoms with van der Waals surface area (Å²) in [7, 11) is 0. The van der Waals surface area contributed by atoms with Gasteiger partial charge in [0.2, 0.25) is 0 Å². The number of hydrogen-bond acceptors (Lipinski definition) is 4. The van der Waals surface area contributed by atoms with E-state index in [2.05, 4.69) is 23.7 Å². The average Bonchev–Trinajstić information content (AvgIpc) is 2.88. The Labute approximate surface area is 114 Å². The summed E-state index contributed by atoms with van der Waals surface area (Å²) in [5.41, 5.74) is 1.36. The zero-order valence-corrected chi connectivity index (χ0v) is 12.5. The number of aliphatic hydroxyl groups is 1. The number of piperidine rings is 1. The molecular formula is C14H24N2OS. The Balaban J connectivity index is 2.00. The van der Waals surface area contributed by atoms with Crippen LogP contribution in [0, 0.1) is 5.41 Å². The number of nitrogens with zero attached hydrogens (tertiary/aromatic N) is 2. The Morgan fingerprint density at radius 3 is 2.44 bits per heavy atom. The van der Waals surface area contributed by atoms with Crippen LogP contribution in [0.15, 0.2) is 5.38 Å². The van der Waals surface area contributed by atoms with Gasteiger partial charge in [-0.05, 0) is 25.2 Å². The molecule has 0 spiro atoms. The molecule has 1 aromatic rings. The number of thiazole rings is 1. The lowest BCUT2D eigenvalue weighted by molar-refractivity contribution is 0.193. The SMILES string of the molecule is CCC1(CC)CCN(c2nc(C(C)O)cs2)CC1. The third-order valence-corrected chi connectivity index (χ3v) is 5.45. The Morgan fingerprint density at radius 2 is 2.00 bits per heavy atom. The van der Waals surface area contributed by atoms with E-state index in [0.717, 1.165) is 23.9 Å². The first kappa shape index (κ1) is 13.8. The van der Waals surface area contributed by atoms with Gasteiger partial charge in [-0.15, -0.1) is 11.3 Å². The first-order valence-corrected chi connectivity index (χ1v) is 7.86. The minimum absolute atomic E-state index is 0.454. The molecule has 102 valence electrons. The van der Waals surface area contributed by atoms with Crippen LogP contribution in [0.3, 0.4) is 0 Å². The van der Waals surface area contributed by atoms with E-state index in [1.165, 1.54) is 25.7 Å². The van der Waals surface area contributed by atoms with E-state index in [-0.39, 0.29) is 0 Å². The highest BCUT2D eigenvalue weighted by molar-refractivity contribution is 7.13. The van der Waals surface area contributed by atoms with E-state index in [9.17, 15) is 5.11 Å². The molecule has 4 heteroatoms. The molecule has 1 N–H and O–H groups in total. The summed E-state index contributed by atoms with van der Waals surface area (Å²) in [6.45, 7) is 8.61. The van der Waals surface area contributed by atoms with Crippen LogP contribution in [0.5, 0.6) is 0 Å². The van der Waals surface area contributed by atoms with Crippen LogP contribution >= 0.6 is 11.3 Å². The maximum absolute atomic E-state index is 9.52. The zero-order chi connectivity index (χ0) is 13.2. The van der Waals surface area contributed by atoms with Crippen LogP contribution in [0.1, 0.15) is 58.3 Å². The molecule has 1 aliphatic rings. The van der Waals surface area contributed by atoms with Crippen molar-refractivity contribution in [3.8, 4) is 0 Å². The Hall–Kier alpha value is -0.610. The lowest BCUT2D eigenvalue weighted by Crippen LogP contribution is -2.39. The lowest BCUT2D eigenvalue weighted by atomic mass is 9.74. The summed E-state index contributed by atoms with van der Waals surface area (Å²) in [4.78, 5) is 6.90. The topological polar surface area (TPSA) is 36.4 Å². The molecule has 0 aromatic carbocycles. The minimum Gasteiger partial charge on any atom is -0.387 e.